The number of anilines is 1. The maximum Gasteiger partial charge on any atom is 0.299 e. The molecule has 0 spiro atoms. The van der Waals surface area contributed by atoms with Gasteiger partial charge in [-0.05, 0) is 42.7 Å². The molecular weight excluding hydrogens is 416 g/mol. The summed E-state index contributed by atoms with van der Waals surface area (Å²) in [6.45, 7) is 4.12. The van der Waals surface area contributed by atoms with Crippen LogP contribution in [0.15, 0.2) is 58.1 Å². The molecule has 2 aromatic heterocycles. The highest BCUT2D eigenvalue weighted by atomic mass is 35.5. The number of aromatic nitrogens is 3. The van der Waals surface area contributed by atoms with Gasteiger partial charge in [-0.2, -0.15) is 0 Å². The molecule has 8 heteroatoms. The van der Waals surface area contributed by atoms with Crippen molar-refractivity contribution in [1.82, 2.24) is 14.7 Å². The number of carbonyl (C=O) groups is 1. The first kappa shape index (κ1) is 20.8. The second-order valence-electron chi connectivity index (χ2n) is 7.26. The Kier molecular flexibility index (Phi) is 5.86. The molecule has 2 aromatic carbocycles. The molecule has 2 heterocycles. The lowest BCUT2D eigenvalue weighted by Gasteiger charge is -2.09. The van der Waals surface area contributed by atoms with Crippen LogP contribution in [0.2, 0.25) is 5.02 Å². The molecule has 158 valence electrons. The molecule has 0 saturated carbocycles. The molecule has 31 heavy (non-hydrogen) atoms. The van der Waals surface area contributed by atoms with E-state index in [2.05, 4.69) is 22.4 Å². The van der Waals surface area contributed by atoms with Crippen LogP contribution in [-0.4, -0.2) is 20.6 Å². The predicted molar refractivity (Wildman–Crippen MR) is 120 cm³/mol. The molecule has 0 saturated heterocycles. The van der Waals surface area contributed by atoms with Crippen molar-refractivity contribution in [1.29, 1.82) is 0 Å². The van der Waals surface area contributed by atoms with Gasteiger partial charge in [0, 0.05) is 29.2 Å². The van der Waals surface area contributed by atoms with Crippen molar-refractivity contribution in [3.63, 3.8) is 0 Å². The van der Waals surface area contributed by atoms with Crippen LogP contribution >= 0.6 is 11.6 Å². The first-order valence-electron chi connectivity index (χ1n) is 9.96. The zero-order valence-corrected chi connectivity index (χ0v) is 17.9. The van der Waals surface area contributed by atoms with E-state index in [1.165, 1.54) is 16.5 Å². The number of nitrogens with zero attached hydrogens (tertiary/aromatic N) is 3. The third-order valence-corrected chi connectivity index (χ3v) is 5.36. The van der Waals surface area contributed by atoms with Gasteiger partial charge in [-0.1, -0.05) is 47.9 Å². The third kappa shape index (κ3) is 4.36. The van der Waals surface area contributed by atoms with Gasteiger partial charge in [0.05, 0.1) is 6.33 Å². The number of benzene rings is 2. The summed E-state index contributed by atoms with van der Waals surface area (Å²) in [5.41, 5.74) is 4.23. The number of aryl methyl sites for hydroxylation is 3. The number of halogens is 1. The maximum atomic E-state index is 12.8. The van der Waals surface area contributed by atoms with Crippen LogP contribution in [0, 0.1) is 6.92 Å². The van der Waals surface area contributed by atoms with Gasteiger partial charge in [0.2, 0.25) is 5.91 Å². The van der Waals surface area contributed by atoms with Crippen LogP contribution in [0.25, 0.3) is 22.4 Å². The summed E-state index contributed by atoms with van der Waals surface area (Å²) in [5, 5.41) is 7.49. The van der Waals surface area contributed by atoms with Gasteiger partial charge in [-0.15, -0.1) is 0 Å². The highest BCUT2D eigenvalue weighted by molar-refractivity contribution is 6.30. The monoisotopic (exact) mass is 436 g/mol. The van der Waals surface area contributed by atoms with Crippen molar-refractivity contribution in [2.75, 3.05) is 5.32 Å². The minimum atomic E-state index is -0.371. The molecule has 1 N–H and O–H groups in total. The van der Waals surface area contributed by atoms with Crippen molar-refractivity contribution in [3.05, 3.63) is 75.3 Å². The van der Waals surface area contributed by atoms with Crippen LogP contribution < -0.4 is 10.9 Å². The van der Waals surface area contributed by atoms with Gasteiger partial charge in [0.25, 0.3) is 11.1 Å². The summed E-state index contributed by atoms with van der Waals surface area (Å²) >= 11 is 5.94. The summed E-state index contributed by atoms with van der Waals surface area (Å²) in [6, 6.07) is 13.1. The SMILES string of the molecule is CCc1ccc(-c2noc3c(=O)n(CCC(=O)Nc4ccc(Cl)cc4C)cnc23)cc1. The minimum Gasteiger partial charge on any atom is -0.348 e. The molecule has 4 rings (SSSR count). The summed E-state index contributed by atoms with van der Waals surface area (Å²) in [5.74, 6) is -0.216. The highest BCUT2D eigenvalue weighted by Crippen LogP contribution is 2.25. The van der Waals surface area contributed by atoms with Crippen molar-refractivity contribution in [2.24, 2.45) is 0 Å². The van der Waals surface area contributed by atoms with E-state index in [1.54, 1.807) is 18.2 Å². The van der Waals surface area contributed by atoms with E-state index in [1.807, 2.05) is 31.2 Å². The Morgan fingerprint density at radius 3 is 2.68 bits per heavy atom. The molecule has 7 nitrogen and oxygen atoms in total. The van der Waals surface area contributed by atoms with E-state index in [-0.39, 0.29) is 30.0 Å². The Labute approximate surface area is 183 Å². The summed E-state index contributed by atoms with van der Waals surface area (Å²) in [6.07, 6.45) is 2.47. The molecule has 0 aliphatic carbocycles. The first-order chi connectivity index (χ1) is 15.0. The standard InChI is InChI=1S/C23H21ClN4O3/c1-3-15-4-6-16(7-5-15)20-21-22(31-27-20)23(30)28(13-25-21)11-10-19(29)26-18-9-8-17(24)12-14(18)2/h4-9,12-13H,3,10-11H2,1-2H3,(H,26,29). The smallest absolute Gasteiger partial charge is 0.299 e. The molecule has 0 aliphatic rings. The summed E-state index contributed by atoms with van der Waals surface area (Å²) < 4.78 is 6.65. The number of fused-ring (bicyclic) bond motifs is 1. The normalized spacial score (nSPS) is 11.1. The molecular formula is C23H21ClN4O3. The van der Waals surface area contributed by atoms with Crippen molar-refractivity contribution in [3.8, 4) is 11.3 Å². The van der Waals surface area contributed by atoms with Crippen LogP contribution in [0.3, 0.4) is 0 Å². The second-order valence-corrected chi connectivity index (χ2v) is 7.70. The Hall–Kier alpha value is -3.45. The number of rotatable bonds is 6. The summed E-state index contributed by atoms with van der Waals surface area (Å²) in [7, 11) is 0. The molecule has 4 aromatic rings. The van der Waals surface area contributed by atoms with E-state index in [9.17, 15) is 9.59 Å². The van der Waals surface area contributed by atoms with Crippen LogP contribution in [-0.2, 0) is 17.8 Å². The molecule has 1 amide bonds. The topological polar surface area (TPSA) is 90.0 Å². The predicted octanol–water partition coefficient (Wildman–Crippen LogP) is 4.60. The van der Waals surface area contributed by atoms with E-state index in [4.69, 9.17) is 16.1 Å². The van der Waals surface area contributed by atoms with E-state index in [0.29, 0.717) is 21.9 Å². The number of hydrogen-bond acceptors (Lipinski definition) is 5. The summed E-state index contributed by atoms with van der Waals surface area (Å²) in [4.78, 5) is 29.5. The lowest BCUT2D eigenvalue weighted by molar-refractivity contribution is -0.116. The van der Waals surface area contributed by atoms with Crippen molar-refractivity contribution < 1.29 is 9.32 Å². The Balaban J connectivity index is 1.50. The average Bonchev–Trinajstić information content (AvgIpc) is 3.20. The number of amides is 1. The highest BCUT2D eigenvalue weighted by Gasteiger charge is 2.17. The number of hydrogen-bond donors (Lipinski definition) is 1. The molecule has 0 unspecified atom stereocenters. The molecule has 0 atom stereocenters. The zero-order chi connectivity index (χ0) is 22.0. The molecule has 0 fully saturated rings. The lowest BCUT2D eigenvalue weighted by atomic mass is 10.1. The number of nitrogens with one attached hydrogen (secondary N) is 1. The third-order valence-electron chi connectivity index (χ3n) is 5.13. The molecule has 0 bridgehead atoms. The van der Waals surface area contributed by atoms with E-state index < -0.39 is 0 Å². The van der Waals surface area contributed by atoms with Crippen molar-refractivity contribution >= 4 is 34.3 Å². The average molecular weight is 437 g/mol. The van der Waals surface area contributed by atoms with Gasteiger partial charge in [-0.25, -0.2) is 4.98 Å². The largest absolute Gasteiger partial charge is 0.348 e. The van der Waals surface area contributed by atoms with Gasteiger partial charge in [0.1, 0.15) is 11.2 Å². The van der Waals surface area contributed by atoms with Crippen LogP contribution in [0.4, 0.5) is 5.69 Å². The quantitative estimate of drug-likeness (QED) is 0.477. The van der Waals surface area contributed by atoms with Crippen molar-refractivity contribution in [2.45, 2.75) is 33.2 Å². The van der Waals surface area contributed by atoms with E-state index in [0.717, 1.165) is 17.5 Å². The minimum absolute atomic E-state index is 0.0750. The molecule has 0 aliphatic heterocycles. The van der Waals surface area contributed by atoms with E-state index >= 15 is 0 Å². The Morgan fingerprint density at radius 2 is 1.97 bits per heavy atom. The zero-order valence-electron chi connectivity index (χ0n) is 17.2. The Morgan fingerprint density at radius 1 is 1.19 bits per heavy atom. The van der Waals surface area contributed by atoms with Crippen LogP contribution in [0.5, 0.6) is 0 Å². The van der Waals surface area contributed by atoms with Gasteiger partial charge >= 0.3 is 0 Å². The first-order valence-corrected chi connectivity index (χ1v) is 10.3. The van der Waals surface area contributed by atoms with Crippen LogP contribution in [0.1, 0.15) is 24.5 Å². The fourth-order valence-electron chi connectivity index (χ4n) is 3.30. The lowest BCUT2D eigenvalue weighted by Crippen LogP contribution is -2.23. The fourth-order valence-corrected chi connectivity index (χ4v) is 3.53. The number of carbonyl (C=O) groups excluding carboxylic acids is 1. The fraction of sp³-hybridized carbons (Fsp3) is 0.217. The molecule has 0 radical (unpaired) electrons. The second kappa shape index (κ2) is 8.73. The van der Waals surface area contributed by atoms with Gasteiger partial charge in [-0.3, -0.25) is 14.2 Å². The maximum absolute atomic E-state index is 12.8. The van der Waals surface area contributed by atoms with Gasteiger partial charge < -0.3 is 9.84 Å². The Bertz CT molecular complexity index is 1310. The van der Waals surface area contributed by atoms with Gasteiger partial charge in [0.15, 0.2) is 0 Å².